The SMILES string of the molecule is CC(C)(C)OC(=O)N1CC[C@@H]2[C@H]1OOC21CCC(C(C)(C)C)CC1. The van der Waals surface area contributed by atoms with Gasteiger partial charge in [-0.15, -0.1) is 0 Å². The largest absolute Gasteiger partial charge is 0.444 e. The first-order chi connectivity index (χ1) is 11.0. The molecule has 2 saturated heterocycles. The number of hydrogen-bond donors (Lipinski definition) is 0. The smallest absolute Gasteiger partial charge is 0.412 e. The Bertz CT molecular complexity index is 483. The van der Waals surface area contributed by atoms with Crippen LogP contribution in [0.25, 0.3) is 0 Å². The molecule has 2 heterocycles. The molecule has 1 aliphatic carbocycles. The first-order valence-corrected chi connectivity index (χ1v) is 9.36. The second-order valence-electron chi connectivity index (χ2n) is 9.84. The molecule has 3 rings (SSSR count). The van der Waals surface area contributed by atoms with Gasteiger partial charge in [-0.2, -0.15) is 0 Å². The van der Waals surface area contributed by atoms with E-state index in [0.717, 1.165) is 25.2 Å². The van der Waals surface area contributed by atoms with Crippen molar-refractivity contribution < 1.29 is 19.3 Å². The van der Waals surface area contributed by atoms with E-state index >= 15 is 0 Å². The second-order valence-corrected chi connectivity index (χ2v) is 9.84. The van der Waals surface area contributed by atoms with Crippen molar-refractivity contribution in [2.75, 3.05) is 6.54 Å². The van der Waals surface area contributed by atoms with E-state index in [1.54, 1.807) is 4.90 Å². The van der Waals surface area contributed by atoms with E-state index in [9.17, 15) is 4.79 Å². The lowest BCUT2D eigenvalue weighted by atomic mass is 9.65. The van der Waals surface area contributed by atoms with Crippen molar-refractivity contribution in [2.45, 2.75) is 91.1 Å². The van der Waals surface area contributed by atoms with Crippen molar-refractivity contribution in [3.05, 3.63) is 0 Å². The molecular formula is C19H33NO4. The van der Waals surface area contributed by atoms with Crippen LogP contribution >= 0.6 is 0 Å². The minimum Gasteiger partial charge on any atom is -0.444 e. The number of rotatable bonds is 0. The van der Waals surface area contributed by atoms with E-state index < -0.39 is 5.60 Å². The Morgan fingerprint density at radius 2 is 1.71 bits per heavy atom. The third kappa shape index (κ3) is 3.30. The zero-order chi connectivity index (χ0) is 17.8. The van der Waals surface area contributed by atoms with Crippen molar-refractivity contribution >= 4 is 6.09 Å². The molecule has 0 aromatic rings. The fourth-order valence-electron chi connectivity index (χ4n) is 4.56. The van der Waals surface area contributed by atoms with Gasteiger partial charge in [0, 0.05) is 12.5 Å². The van der Waals surface area contributed by atoms with Gasteiger partial charge in [0.05, 0.1) is 0 Å². The first-order valence-electron chi connectivity index (χ1n) is 9.36. The lowest BCUT2D eigenvalue weighted by Gasteiger charge is -2.42. The van der Waals surface area contributed by atoms with Gasteiger partial charge < -0.3 is 4.74 Å². The lowest BCUT2D eigenvalue weighted by Crippen LogP contribution is -2.44. The highest BCUT2D eigenvalue weighted by Gasteiger charge is 2.59. The molecule has 5 nitrogen and oxygen atoms in total. The van der Waals surface area contributed by atoms with Gasteiger partial charge in [0.25, 0.3) is 0 Å². The molecule has 1 saturated carbocycles. The maximum Gasteiger partial charge on any atom is 0.412 e. The molecule has 1 amide bonds. The summed E-state index contributed by atoms with van der Waals surface area (Å²) in [6, 6.07) is 0. The van der Waals surface area contributed by atoms with Crippen molar-refractivity contribution in [1.29, 1.82) is 0 Å². The molecule has 0 aromatic heterocycles. The summed E-state index contributed by atoms with van der Waals surface area (Å²) in [6.45, 7) is 13.3. The van der Waals surface area contributed by atoms with E-state index in [4.69, 9.17) is 14.5 Å². The molecular weight excluding hydrogens is 306 g/mol. The summed E-state index contributed by atoms with van der Waals surface area (Å²) in [5.41, 5.74) is -0.348. The fraction of sp³-hybridized carbons (Fsp3) is 0.947. The molecule has 3 fully saturated rings. The van der Waals surface area contributed by atoms with Gasteiger partial charge in [-0.3, -0.25) is 4.90 Å². The Kier molecular flexibility index (Phi) is 4.40. The standard InChI is InChI=1S/C19H33NO4/c1-17(2,3)13-7-10-19(11-8-13)14-9-12-20(15(14)23-24-19)16(21)22-18(4,5)6/h13-15H,7-12H2,1-6H3/t13?,14-,15-,19?/m1/s1. The number of fused-ring (bicyclic) bond motifs is 2. The van der Waals surface area contributed by atoms with Crippen molar-refractivity contribution in [3.63, 3.8) is 0 Å². The molecule has 0 aromatic carbocycles. The van der Waals surface area contributed by atoms with E-state index in [1.807, 2.05) is 20.8 Å². The molecule has 2 atom stereocenters. The van der Waals surface area contributed by atoms with Crippen LogP contribution in [-0.4, -0.2) is 35.0 Å². The number of ether oxygens (including phenoxy) is 1. The molecule has 0 radical (unpaired) electrons. The zero-order valence-corrected chi connectivity index (χ0v) is 16.1. The van der Waals surface area contributed by atoms with Crippen molar-refractivity contribution in [3.8, 4) is 0 Å². The van der Waals surface area contributed by atoms with Gasteiger partial charge in [0.15, 0.2) is 6.23 Å². The normalized spacial score (nSPS) is 36.9. The van der Waals surface area contributed by atoms with Crippen LogP contribution in [0, 0.1) is 17.3 Å². The van der Waals surface area contributed by atoms with Gasteiger partial charge in [-0.25, -0.2) is 14.6 Å². The molecule has 5 heteroatoms. The first kappa shape index (κ1) is 18.0. The van der Waals surface area contributed by atoms with E-state index in [2.05, 4.69) is 20.8 Å². The predicted molar refractivity (Wildman–Crippen MR) is 91.1 cm³/mol. The number of carbonyl (C=O) groups is 1. The summed E-state index contributed by atoms with van der Waals surface area (Å²) in [6.07, 6.45) is 4.75. The zero-order valence-electron chi connectivity index (χ0n) is 16.1. The quantitative estimate of drug-likeness (QED) is 0.609. The molecule has 24 heavy (non-hydrogen) atoms. The van der Waals surface area contributed by atoms with Crippen LogP contribution in [0.3, 0.4) is 0 Å². The highest BCUT2D eigenvalue weighted by Crippen LogP contribution is 2.53. The van der Waals surface area contributed by atoms with Gasteiger partial charge in [-0.1, -0.05) is 20.8 Å². The molecule has 138 valence electrons. The highest BCUT2D eigenvalue weighted by molar-refractivity contribution is 5.68. The Hall–Kier alpha value is -0.810. The summed E-state index contributed by atoms with van der Waals surface area (Å²) in [5, 5.41) is 0. The third-order valence-corrected chi connectivity index (χ3v) is 6.01. The highest BCUT2D eigenvalue weighted by atomic mass is 17.2. The van der Waals surface area contributed by atoms with E-state index in [1.165, 1.54) is 12.8 Å². The molecule has 0 unspecified atom stereocenters. The van der Waals surface area contributed by atoms with Crippen LogP contribution in [0.2, 0.25) is 0 Å². The van der Waals surface area contributed by atoms with Crippen LogP contribution in [-0.2, 0) is 14.5 Å². The minimum absolute atomic E-state index is 0.205. The Morgan fingerprint density at radius 3 is 2.25 bits per heavy atom. The average Bonchev–Trinajstić information content (AvgIpc) is 2.99. The van der Waals surface area contributed by atoms with Crippen LogP contribution in [0.4, 0.5) is 4.79 Å². The second kappa shape index (κ2) is 5.87. The predicted octanol–water partition coefficient (Wildman–Crippen LogP) is 4.51. The molecule has 0 N–H and O–H groups in total. The van der Waals surface area contributed by atoms with Gasteiger partial charge in [0.1, 0.15) is 11.2 Å². The Balaban J connectivity index is 1.65. The lowest BCUT2D eigenvalue weighted by molar-refractivity contribution is -0.347. The average molecular weight is 339 g/mol. The van der Waals surface area contributed by atoms with Gasteiger partial charge in [0.2, 0.25) is 0 Å². The third-order valence-electron chi connectivity index (χ3n) is 6.01. The molecule has 1 spiro atoms. The van der Waals surface area contributed by atoms with Crippen LogP contribution in [0.15, 0.2) is 0 Å². The van der Waals surface area contributed by atoms with Crippen LogP contribution in [0.1, 0.15) is 73.6 Å². The summed E-state index contributed by atoms with van der Waals surface area (Å²) < 4.78 is 5.52. The molecule has 2 aliphatic heterocycles. The number of likely N-dealkylation sites (tertiary alicyclic amines) is 1. The number of nitrogens with zero attached hydrogens (tertiary/aromatic N) is 1. The van der Waals surface area contributed by atoms with E-state index in [-0.39, 0.29) is 23.8 Å². The summed E-state index contributed by atoms with van der Waals surface area (Å²) in [7, 11) is 0. The van der Waals surface area contributed by atoms with Crippen molar-refractivity contribution in [1.82, 2.24) is 4.90 Å². The topological polar surface area (TPSA) is 48.0 Å². The van der Waals surface area contributed by atoms with E-state index in [0.29, 0.717) is 12.0 Å². The number of carbonyl (C=O) groups excluding carboxylic acids is 1. The summed E-state index contributed by atoms with van der Waals surface area (Å²) in [5.74, 6) is 1.00. The molecule has 3 aliphatic rings. The fourth-order valence-corrected chi connectivity index (χ4v) is 4.56. The van der Waals surface area contributed by atoms with Crippen LogP contribution < -0.4 is 0 Å². The monoisotopic (exact) mass is 339 g/mol. The number of amides is 1. The number of hydrogen-bond acceptors (Lipinski definition) is 4. The minimum atomic E-state index is -0.489. The maximum absolute atomic E-state index is 12.4. The Labute approximate surface area is 145 Å². The van der Waals surface area contributed by atoms with Gasteiger partial charge >= 0.3 is 6.09 Å². The molecule has 0 bridgehead atoms. The maximum atomic E-state index is 12.4. The van der Waals surface area contributed by atoms with Gasteiger partial charge in [-0.05, 0) is 64.2 Å². The van der Waals surface area contributed by atoms with Crippen LogP contribution in [0.5, 0.6) is 0 Å². The summed E-state index contributed by atoms with van der Waals surface area (Å²) >= 11 is 0. The summed E-state index contributed by atoms with van der Waals surface area (Å²) in [4.78, 5) is 25.7. The Morgan fingerprint density at radius 1 is 1.08 bits per heavy atom. The van der Waals surface area contributed by atoms with Crippen molar-refractivity contribution in [2.24, 2.45) is 17.3 Å².